The first-order valence-electron chi connectivity index (χ1n) is 8.02. The van der Waals surface area contributed by atoms with Gasteiger partial charge in [0.05, 0.1) is 0 Å². The van der Waals surface area contributed by atoms with Crippen molar-refractivity contribution in [3.05, 3.63) is 60.7 Å². The normalized spacial score (nSPS) is 11.4. The summed E-state index contributed by atoms with van der Waals surface area (Å²) >= 11 is 0. The van der Waals surface area contributed by atoms with Gasteiger partial charge in [0.25, 0.3) is 0 Å². The van der Waals surface area contributed by atoms with Gasteiger partial charge < -0.3 is 19.7 Å². The summed E-state index contributed by atoms with van der Waals surface area (Å²) in [5.74, 6) is 1.19. The molecular formula is C20H13N3O3. The number of hydrogen-bond donors (Lipinski definition) is 2. The predicted octanol–water partition coefficient (Wildman–Crippen LogP) is 4.59. The van der Waals surface area contributed by atoms with Crippen molar-refractivity contribution in [3.63, 3.8) is 0 Å². The van der Waals surface area contributed by atoms with Crippen LogP contribution in [0.4, 0.5) is 5.69 Å². The number of aromatic nitrogens is 2. The van der Waals surface area contributed by atoms with E-state index in [9.17, 15) is 5.11 Å². The van der Waals surface area contributed by atoms with Crippen molar-refractivity contribution >= 4 is 27.9 Å². The van der Waals surface area contributed by atoms with Crippen LogP contribution in [0.1, 0.15) is 0 Å². The molecule has 3 aromatic carbocycles. The maximum atomic E-state index is 9.40. The van der Waals surface area contributed by atoms with E-state index in [0.29, 0.717) is 39.7 Å². The lowest BCUT2D eigenvalue weighted by molar-refractivity contribution is 0.475. The van der Waals surface area contributed by atoms with E-state index in [4.69, 9.17) is 14.6 Å². The number of rotatable bonds is 2. The molecule has 0 aliphatic heterocycles. The minimum absolute atomic E-state index is 0.196. The zero-order valence-electron chi connectivity index (χ0n) is 13.5. The number of hydrogen-bond acceptors (Lipinski definition) is 6. The summed E-state index contributed by atoms with van der Waals surface area (Å²) < 4.78 is 11.7. The van der Waals surface area contributed by atoms with Crippen LogP contribution < -0.4 is 5.73 Å². The zero-order chi connectivity index (χ0) is 17.7. The fourth-order valence-corrected chi connectivity index (χ4v) is 2.83. The van der Waals surface area contributed by atoms with Crippen LogP contribution in [-0.4, -0.2) is 15.1 Å². The van der Waals surface area contributed by atoms with E-state index < -0.39 is 0 Å². The summed E-state index contributed by atoms with van der Waals surface area (Å²) in [6.07, 6.45) is 0. The molecule has 0 spiro atoms. The van der Waals surface area contributed by atoms with Crippen LogP contribution in [-0.2, 0) is 0 Å². The Morgan fingerprint density at radius 2 is 1.19 bits per heavy atom. The van der Waals surface area contributed by atoms with Gasteiger partial charge in [-0.25, -0.2) is 9.97 Å². The molecule has 2 aromatic heterocycles. The Bertz CT molecular complexity index is 1090. The number of oxazole rings is 2. The SMILES string of the molecule is Nc1ccc(-c2nc3cc4nc(-c5ccc(O)cc5)oc4cc3o2)cc1. The first-order chi connectivity index (χ1) is 12.7. The van der Waals surface area contributed by atoms with E-state index >= 15 is 0 Å². The lowest BCUT2D eigenvalue weighted by Crippen LogP contribution is -1.83. The number of fused-ring (bicyclic) bond motifs is 2. The second kappa shape index (κ2) is 5.35. The third-order valence-corrected chi connectivity index (χ3v) is 4.17. The Labute approximate surface area is 147 Å². The van der Waals surface area contributed by atoms with Gasteiger partial charge in [0.1, 0.15) is 16.8 Å². The number of phenolic OH excluding ortho intramolecular Hbond substituents is 1. The van der Waals surface area contributed by atoms with Gasteiger partial charge >= 0.3 is 0 Å². The largest absolute Gasteiger partial charge is 0.508 e. The summed E-state index contributed by atoms with van der Waals surface area (Å²) in [6.45, 7) is 0. The molecule has 5 rings (SSSR count). The molecule has 126 valence electrons. The fourth-order valence-electron chi connectivity index (χ4n) is 2.83. The monoisotopic (exact) mass is 343 g/mol. The van der Waals surface area contributed by atoms with Gasteiger partial charge in [-0.15, -0.1) is 0 Å². The minimum atomic E-state index is 0.196. The van der Waals surface area contributed by atoms with Crippen molar-refractivity contribution in [2.75, 3.05) is 5.73 Å². The van der Waals surface area contributed by atoms with Crippen molar-refractivity contribution in [2.45, 2.75) is 0 Å². The predicted molar refractivity (Wildman–Crippen MR) is 98.5 cm³/mol. The molecular weight excluding hydrogens is 330 g/mol. The molecule has 0 unspecified atom stereocenters. The average Bonchev–Trinajstić information content (AvgIpc) is 3.23. The van der Waals surface area contributed by atoms with Crippen molar-refractivity contribution in [3.8, 4) is 28.7 Å². The average molecular weight is 343 g/mol. The first-order valence-corrected chi connectivity index (χ1v) is 8.02. The summed E-state index contributed by atoms with van der Waals surface area (Å²) in [5, 5.41) is 9.40. The van der Waals surface area contributed by atoms with Gasteiger partial charge in [-0.3, -0.25) is 0 Å². The number of nitrogen functional groups attached to an aromatic ring is 1. The van der Waals surface area contributed by atoms with Gasteiger partial charge in [-0.2, -0.15) is 0 Å². The Balaban J connectivity index is 1.60. The molecule has 26 heavy (non-hydrogen) atoms. The second-order valence-electron chi connectivity index (χ2n) is 5.99. The first kappa shape index (κ1) is 14.5. The lowest BCUT2D eigenvalue weighted by Gasteiger charge is -1.95. The van der Waals surface area contributed by atoms with Gasteiger partial charge in [0.15, 0.2) is 11.2 Å². The number of nitrogens with two attached hydrogens (primary N) is 1. The molecule has 2 heterocycles. The minimum Gasteiger partial charge on any atom is -0.508 e. The highest BCUT2D eigenvalue weighted by atomic mass is 16.4. The highest BCUT2D eigenvalue weighted by Gasteiger charge is 2.14. The molecule has 0 radical (unpaired) electrons. The maximum absolute atomic E-state index is 9.40. The fraction of sp³-hybridized carbons (Fsp3) is 0. The van der Waals surface area contributed by atoms with Gasteiger partial charge in [0.2, 0.25) is 11.8 Å². The van der Waals surface area contributed by atoms with Crippen LogP contribution in [0, 0.1) is 0 Å². The van der Waals surface area contributed by atoms with Crippen LogP contribution in [0.25, 0.3) is 45.1 Å². The third-order valence-electron chi connectivity index (χ3n) is 4.17. The molecule has 6 nitrogen and oxygen atoms in total. The maximum Gasteiger partial charge on any atom is 0.227 e. The Kier molecular flexibility index (Phi) is 2.99. The Hall–Kier alpha value is -3.80. The lowest BCUT2D eigenvalue weighted by atomic mass is 10.2. The van der Waals surface area contributed by atoms with Crippen molar-refractivity contribution in [1.82, 2.24) is 9.97 Å². The number of anilines is 1. The highest BCUT2D eigenvalue weighted by Crippen LogP contribution is 2.31. The van der Waals surface area contributed by atoms with Gasteiger partial charge in [0, 0.05) is 22.9 Å². The third kappa shape index (κ3) is 2.36. The van der Waals surface area contributed by atoms with E-state index in [1.54, 1.807) is 30.3 Å². The molecule has 0 bridgehead atoms. The second-order valence-corrected chi connectivity index (χ2v) is 5.99. The van der Waals surface area contributed by atoms with E-state index in [2.05, 4.69) is 9.97 Å². The summed E-state index contributed by atoms with van der Waals surface area (Å²) in [6, 6.07) is 17.7. The number of phenols is 1. The van der Waals surface area contributed by atoms with Gasteiger partial charge in [-0.1, -0.05) is 0 Å². The van der Waals surface area contributed by atoms with Crippen LogP contribution in [0.3, 0.4) is 0 Å². The summed E-state index contributed by atoms with van der Waals surface area (Å²) in [5.41, 5.74) is 10.7. The van der Waals surface area contributed by atoms with Crippen LogP contribution in [0.2, 0.25) is 0 Å². The number of aromatic hydroxyl groups is 1. The van der Waals surface area contributed by atoms with Crippen LogP contribution in [0.5, 0.6) is 5.75 Å². The van der Waals surface area contributed by atoms with E-state index in [1.165, 1.54) is 0 Å². The van der Waals surface area contributed by atoms with Crippen molar-refractivity contribution in [2.24, 2.45) is 0 Å². The standard InChI is InChI=1S/C20H13N3O3/c21-13-5-1-11(2-6-13)19-22-15-9-16-18(10-17(15)25-19)26-20(23-16)12-3-7-14(24)8-4-12/h1-10,24H,21H2. The number of benzene rings is 3. The Morgan fingerprint density at radius 3 is 1.73 bits per heavy atom. The quantitative estimate of drug-likeness (QED) is 0.455. The molecule has 0 saturated carbocycles. The van der Waals surface area contributed by atoms with Crippen LogP contribution >= 0.6 is 0 Å². The highest BCUT2D eigenvalue weighted by molar-refractivity contribution is 5.91. The Morgan fingerprint density at radius 1 is 0.692 bits per heavy atom. The van der Waals surface area contributed by atoms with E-state index in [1.807, 2.05) is 30.3 Å². The molecule has 0 saturated heterocycles. The van der Waals surface area contributed by atoms with E-state index in [-0.39, 0.29) is 5.75 Å². The smallest absolute Gasteiger partial charge is 0.227 e. The summed E-state index contributed by atoms with van der Waals surface area (Å²) in [7, 11) is 0. The van der Waals surface area contributed by atoms with Crippen molar-refractivity contribution < 1.29 is 13.9 Å². The van der Waals surface area contributed by atoms with Crippen molar-refractivity contribution in [1.29, 1.82) is 0 Å². The molecule has 6 heteroatoms. The molecule has 0 aliphatic carbocycles. The molecule has 5 aromatic rings. The van der Waals surface area contributed by atoms with Gasteiger partial charge in [-0.05, 0) is 54.6 Å². The van der Waals surface area contributed by atoms with E-state index in [0.717, 1.165) is 11.1 Å². The molecule has 0 aliphatic rings. The topological polar surface area (TPSA) is 98.3 Å². The molecule has 3 N–H and O–H groups in total. The van der Waals surface area contributed by atoms with Crippen LogP contribution in [0.15, 0.2) is 69.5 Å². The molecule has 0 atom stereocenters. The zero-order valence-corrected chi connectivity index (χ0v) is 13.5. The molecule has 0 fully saturated rings. The number of nitrogens with zero attached hydrogens (tertiary/aromatic N) is 2. The molecule has 0 amide bonds. The summed E-state index contributed by atoms with van der Waals surface area (Å²) in [4.78, 5) is 9.04.